The third-order valence-corrected chi connectivity index (χ3v) is 3.03. The number of methoxy groups -OCH3 is 1. The van der Waals surface area contributed by atoms with E-state index in [0.717, 1.165) is 11.1 Å². The van der Waals surface area contributed by atoms with Crippen LogP contribution in [0.4, 0.5) is 0 Å². The maximum absolute atomic E-state index is 11.5. The number of esters is 1. The van der Waals surface area contributed by atoms with Gasteiger partial charge < -0.3 is 9.84 Å². The third kappa shape index (κ3) is 1.88. The van der Waals surface area contributed by atoms with Gasteiger partial charge in [-0.3, -0.25) is 9.69 Å². The Morgan fingerprint density at radius 3 is 2.94 bits per heavy atom. The summed E-state index contributed by atoms with van der Waals surface area (Å²) in [6, 6.07) is 5.05. The highest BCUT2D eigenvalue weighted by molar-refractivity contribution is 5.76. The van der Waals surface area contributed by atoms with Crippen molar-refractivity contribution in [2.75, 3.05) is 14.2 Å². The van der Waals surface area contributed by atoms with Gasteiger partial charge in [0, 0.05) is 6.54 Å². The van der Waals surface area contributed by atoms with Crippen LogP contribution in [-0.4, -0.2) is 36.2 Å². The van der Waals surface area contributed by atoms with Crippen molar-refractivity contribution in [3.05, 3.63) is 29.3 Å². The Kier molecular flexibility index (Phi) is 2.83. The molecular weight excluding hydrogens is 206 g/mol. The van der Waals surface area contributed by atoms with E-state index in [9.17, 15) is 9.90 Å². The van der Waals surface area contributed by atoms with Crippen LogP contribution in [0.25, 0.3) is 0 Å². The van der Waals surface area contributed by atoms with Gasteiger partial charge in [0.25, 0.3) is 0 Å². The molecule has 1 aliphatic heterocycles. The number of carbonyl (C=O) groups excluding carboxylic acids is 1. The lowest BCUT2D eigenvalue weighted by atomic mass is 9.94. The minimum absolute atomic E-state index is 0.207. The molecule has 4 nitrogen and oxygen atoms in total. The number of benzene rings is 1. The second kappa shape index (κ2) is 4.14. The van der Waals surface area contributed by atoms with Crippen LogP contribution >= 0.6 is 0 Å². The van der Waals surface area contributed by atoms with Crippen molar-refractivity contribution < 1.29 is 14.6 Å². The molecule has 0 saturated carbocycles. The Hall–Kier alpha value is -1.55. The standard InChI is InChI=1S/C12H15NO3/c1-13-7-9-5-10(14)4-3-8(9)6-11(13)12(15)16-2/h3-5,11,14H,6-7H2,1-2H3. The van der Waals surface area contributed by atoms with Crippen molar-refractivity contribution in [2.24, 2.45) is 0 Å². The van der Waals surface area contributed by atoms with Crippen molar-refractivity contribution in [1.29, 1.82) is 0 Å². The monoisotopic (exact) mass is 221 g/mol. The van der Waals surface area contributed by atoms with Gasteiger partial charge in [0.05, 0.1) is 7.11 Å². The van der Waals surface area contributed by atoms with Crippen LogP contribution in [0, 0.1) is 0 Å². The first kappa shape index (κ1) is 11.0. The maximum Gasteiger partial charge on any atom is 0.323 e. The summed E-state index contributed by atoms with van der Waals surface area (Å²) >= 11 is 0. The van der Waals surface area contributed by atoms with Gasteiger partial charge in [-0.1, -0.05) is 6.07 Å². The van der Waals surface area contributed by atoms with Gasteiger partial charge in [0.15, 0.2) is 0 Å². The zero-order valence-corrected chi connectivity index (χ0v) is 9.43. The van der Waals surface area contributed by atoms with Crippen LogP contribution < -0.4 is 0 Å². The van der Waals surface area contributed by atoms with Crippen molar-refractivity contribution in [2.45, 2.75) is 19.0 Å². The minimum Gasteiger partial charge on any atom is -0.508 e. The molecule has 0 spiro atoms. The van der Waals surface area contributed by atoms with E-state index in [2.05, 4.69) is 0 Å². The first-order valence-corrected chi connectivity index (χ1v) is 5.20. The first-order valence-electron chi connectivity index (χ1n) is 5.20. The molecule has 1 heterocycles. The summed E-state index contributed by atoms with van der Waals surface area (Å²) in [6.45, 7) is 0.656. The lowest BCUT2D eigenvalue weighted by Gasteiger charge is -2.32. The molecule has 0 fully saturated rings. The van der Waals surface area contributed by atoms with Gasteiger partial charge in [0.1, 0.15) is 11.8 Å². The number of phenolic OH excluding ortho intramolecular Hbond substituents is 1. The van der Waals surface area contributed by atoms with Gasteiger partial charge in [-0.25, -0.2) is 0 Å². The van der Waals surface area contributed by atoms with Crippen molar-refractivity contribution in [1.82, 2.24) is 4.90 Å². The lowest BCUT2D eigenvalue weighted by Crippen LogP contribution is -2.43. The summed E-state index contributed by atoms with van der Waals surface area (Å²) in [5.41, 5.74) is 2.17. The molecule has 16 heavy (non-hydrogen) atoms. The minimum atomic E-state index is -0.220. The fourth-order valence-electron chi connectivity index (χ4n) is 2.10. The molecule has 0 amide bonds. The number of likely N-dealkylation sites (N-methyl/N-ethyl adjacent to an activating group) is 1. The number of hydrogen-bond acceptors (Lipinski definition) is 4. The Morgan fingerprint density at radius 1 is 1.50 bits per heavy atom. The van der Waals surface area contributed by atoms with Crippen molar-refractivity contribution >= 4 is 5.97 Å². The Bertz CT molecular complexity index is 417. The van der Waals surface area contributed by atoms with E-state index in [-0.39, 0.29) is 17.8 Å². The van der Waals surface area contributed by atoms with E-state index in [4.69, 9.17) is 4.74 Å². The van der Waals surface area contributed by atoms with Gasteiger partial charge in [-0.15, -0.1) is 0 Å². The highest BCUT2D eigenvalue weighted by atomic mass is 16.5. The van der Waals surface area contributed by atoms with Crippen LogP contribution in [0.5, 0.6) is 5.75 Å². The first-order chi connectivity index (χ1) is 7.61. The topological polar surface area (TPSA) is 49.8 Å². The number of hydrogen-bond donors (Lipinski definition) is 1. The zero-order valence-electron chi connectivity index (χ0n) is 9.43. The van der Waals surface area contributed by atoms with Gasteiger partial charge in [-0.05, 0) is 36.7 Å². The summed E-state index contributed by atoms with van der Waals surface area (Å²) in [7, 11) is 3.29. The molecule has 0 saturated heterocycles. The second-order valence-electron chi connectivity index (χ2n) is 4.11. The molecule has 1 aliphatic rings. The predicted molar refractivity (Wildman–Crippen MR) is 59.1 cm³/mol. The van der Waals surface area contributed by atoms with E-state index in [1.165, 1.54) is 7.11 Å². The fourth-order valence-corrected chi connectivity index (χ4v) is 2.10. The number of rotatable bonds is 1. The molecule has 1 aromatic carbocycles. The maximum atomic E-state index is 11.5. The predicted octanol–water partition coefficient (Wildman–Crippen LogP) is 0.922. The average Bonchev–Trinajstić information content (AvgIpc) is 2.27. The quantitative estimate of drug-likeness (QED) is 0.716. The molecule has 0 radical (unpaired) electrons. The molecule has 0 bridgehead atoms. The molecular formula is C12H15NO3. The van der Waals surface area contributed by atoms with E-state index in [1.807, 2.05) is 18.0 Å². The van der Waals surface area contributed by atoms with E-state index in [1.54, 1.807) is 12.1 Å². The Morgan fingerprint density at radius 2 is 2.25 bits per heavy atom. The third-order valence-electron chi connectivity index (χ3n) is 3.03. The van der Waals surface area contributed by atoms with E-state index in [0.29, 0.717) is 13.0 Å². The fraction of sp³-hybridized carbons (Fsp3) is 0.417. The van der Waals surface area contributed by atoms with E-state index < -0.39 is 0 Å². The number of fused-ring (bicyclic) bond motifs is 1. The van der Waals surface area contributed by atoms with Crippen LogP contribution in [0.3, 0.4) is 0 Å². The van der Waals surface area contributed by atoms with Crippen LogP contribution in [0.1, 0.15) is 11.1 Å². The SMILES string of the molecule is COC(=O)C1Cc2ccc(O)cc2CN1C. The molecule has 1 aromatic rings. The number of phenols is 1. The Labute approximate surface area is 94.4 Å². The number of aromatic hydroxyl groups is 1. The van der Waals surface area contributed by atoms with Crippen LogP contribution in [0.2, 0.25) is 0 Å². The highest BCUT2D eigenvalue weighted by Gasteiger charge is 2.29. The van der Waals surface area contributed by atoms with Gasteiger partial charge in [0.2, 0.25) is 0 Å². The second-order valence-corrected chi connectivity index (χ2v) is 4.11. The number of ether oxygens (including phenoxy) is 1. The summed E-state index contributed by atoms with van der Waals surface area (Å²) in [5.74, 6) is 0.0601. The van der Waals surface area contributed by atoms with Crippen molar-refractivity contribution in [3.63, 3.8) is 0 Å². The molecule has 0 aromatic heterocycles. The summed E-state index contributed by atoms with van der Waals surface area (Å²) in [6.07, 6.45) is 0.638. The van der Waals surface area contributed by atoms with Crippen LogP contribution in [-0.2, 0) is 22.5 Å². The Balaban J connectivity index is 2.28. The molecule has 1 unspecified atom stereocenters. The molecule has 86 valence electrons. The van der Waals surface area contributed by atoms with Gasteiger partial charge >= 0.3 is 5.97 Å². The normalized spacial score (nSPS) is 20.2. The molecule has 0 aliphatic carbocycles. The lowest BCUT2D eigenvalue weighted by molar-refractivity contribution is -0.147. The number of carbonyl (C=O) groups is 1. The zero-order chi connectivity index (χ0) is 11.7. The molecule has 2 rings (SSSR count). The number of nitrogens with zero attached hydrogens (tertiary/aromatic N) is 1. The summed E-state index contributed by atoms with van der Waals surface area (Å²) < 4.78 is 4.77. The smallest absolute Gasteiger partial charge is 0.323 e. The summed E-state index contributed by atoms with van der Waals surface area (Å²) in [5, 5.41) is 9.39. The molecule has 1 N–H and O–H groups in total. The van der Waals surface area contributed by atoms with Crippen LogP contribution in [0.15, 0.2) is 18.2 Å². The molecule has 4 heteroatoms. The van der Waals surface area contributed by atoms with Gasteiger partial charge in [-0.2, -0.15) is 0 Å². The summed E-state index contributed by atoms with van der Waals surface area (Å²) in [4.78, 5) is 13.5. The van der Waals surface area contributed by atoms with Crippen molar-refractivity contribution in [3.8, 4) is 5.75 Å². The van der Waals surface area contributed by atoms with E-state index >= 15 is 0 Å². The average molecular weight is 221 g/mol. The highest BCUT2D eigenvalue weighted by Crippen LogP contribution is 2.25. The largest absolute Gasteiger partial charge is 0.508 e. The molecule has 1 atom stereocenters.